The van der Waals surface area contributed by atoms with E-state index in [1.165, 1.54) is 18.4 Å². The van der Waals surface area contributed by atoms with Crippen LogP contribution < -0.4 is 0 Å². The van der Waals surface area contributed by atoms with Gasteiger partial charge in [-0.2, -0.15) is 0 Å². The number of rotatable bonds is 8. The third kappa shape index (κ3) is 5.53. The van der Waals surface area contributed by atoms with E-state index < -0.39 is 0 Å². The van der Waals surface area contributed by atoms with Crippen LogP contribution in [0.2, 0.25) is 0 Å². The molecular formula is C18H20FNO4. The highest BCUT2D eigenvalue weighted by atomic mass is 19.1. The Morgan fingerprint density at radius 3 is 2.58 bits per heavy atom. The Hall–Kier alpha value is -2.63. The van der Waals surface area contributed by atoms with Crippen LogP contribution in [0.4, 0.5) is 4.39 Å². The number of hydrogen-bond acceptors (Lipinski definition) is 4. The first-order chi connectivity index (χ1) is 11.6. The normalized spacial score (nSPS) is 10.4. The summed E-state index contributed by atoms with van der Waals surface area (Å²) >= 11 is 0. The molecule has 0 fully saturated rings. The third-order valence-corrected chi connectivity index (χ3v) is 3.44. The van der Waals surface area contributed by atoms with Gasteiger partial charge in [0.15, 0.2) is 0 Å². The number of carbonyl (C=O) groups is 2. The minimum atomic E-state index is -0.350. The van der Waals surface area contributed by atoms with Crippen LogP contribution in [0.1, 0.15) is 24.7 Å². The second-order valence-electron chi connectivity index (χ2n) is 5.25. The molecule has 24 heavy (non-hydrogen) atoms. The molecular weight excluding hydrogens is 313 g/mol. The van der Waals surface area contributed by atoms with Crippen molar-refractivity contribution in [2.45, 2.75) is 26.3 Å². The van der Waals surface area contributed by atoms with E-state index in [9.17, 15) is 14.0 Å². The molecule has 2 aromatic rings. The zero-order valence-electron chi connectivity index (χ0n) is 13.5. The maximum absolute atomic E-state index is 13.0. The molecule has 2 rings (SSSR count). The molecule has 1 aromatic carbocycles. The van der Waals surface area contributed by atoms with Gasteiger partial charge in [-0.1, -0.05) is 12.1 Å². The summed E-state index contributed by atoms with van der Waals surface area (Å²) in [5, 5.41) is 0. The Balaban J connectivity index is 2.01. The topological polar surface area (TPSA) is 59.8 Å². The third-order valence-electron chi connectivity index (χ3n) is 3.44. The van der Waals surface area contributed by atoms with Gasteiger partial charge in [0, 0.05) is 6.54 Å². The number of furan rings is 1. The largest absolute Gasteiger partial charge is 0.467 e. The van der Waals surface area contributed by atoms with E-state index in [2.05, 4.69) is 0 Å². The molecule has 0 aliphatic carbocycles. The SMILES string of the molecule is CCOC(=O)CCN(Cc1ccco1)C(=O)Cc1ccc(F)cc1. The molecule has 0 bridgehead atoms. The Labute approximate surface area is 140 Å². The smallest absolute Gasteiger partial charge is 0.307 e. The average Bonchev–Trinajstić information content (AvgIpc) is 3.07. The first-order valence-corrected chi connectivity index (χ1v) is 7.78. The highest BCUT2D eigenvalue weighted by Gasteiger charge is 2.17. The van der Waals surface area contributed by atoms with E-state index in [0.29, 0.717) is 17.9 Å². The van der Waals surface area contributed by atoms with Crippen LogP contribution in [0.3, 0.4) is 0 Å². The van der Waals surface area contributed by atoms with Gasteiger partial charge in [0.05, 0.1) is 32.3 Å². The molecule has 0 radical (unpaired) electrons. The summed E-state index contributed by atoms with van der Waals surface area (Å²) in [6, 6.07) is 9.29. The summed E-state index contributed by atoms with van der Waals surface area (Å²) < 4.78 is 23.1. The number of nitrogens with zero attached hydrogens (tertiary/aromatic N) is 1. The van der Waals surface area contributed by atoms with E-state index in [0.717, 1.165) is 0 Å². The lowest BCUT2D eigenvalue weighted by Crippen LogP contribution is -2.34. The molecule has 1 amide bonds. The first kappa shape index (κ1) is 17.7. The summed E-state index contributed by atoms with van der Waals surface area (Å²) in [5.74, 6) is -0.230. The van der Waals surface area contributed by atoms with Gasteiger partial charge in [-0.15, -0.1) is 0 Å². The summed E-state index contributed by atoms with van der Waals surface area (Å²) in [6.07, 6.45) is 1.77. The number of hydrogen-bond donors (Lipinski definition) is 0. The van der Waals surface area contributed by atoms with Crippen molar-refractivity contribution in [3.8, 4) is 0 Å². The lowest BCUT2D eigenvalue weighted by molar-refractivity contribution is -0.144. The Kier molecular flexibility index (Phi) is 6.54. The second kappa shape index (κ2) is 8.86. The lowest BCUT2D eigenvalue weighted by atomic mass is 10.1. The molecule has 0 N–H and O–H groups in total. The maximum Gasteiger partial charge on any atom is 0.307 e. The van der Waals surface area contributed by atoms with Crippen molar-refractivity contribution < 1.29 is 23.1 Å². The monoisotopic (exact) mass is 333 g/mol. The molecule has 6 heteroatoms. The van der Waals surface area contributed by atoms with E-state index in [4.69, 9.17) is 9.15 Å². The Bertz CT molecular complexity index is 652. The van der Waals surface area contributed by atoms with E-state index in [1.54, 1.807) is 36.1 Å². The van der Waals surface area contributed by atoms with Crippen LogP contribution in [0.15, 0.2) is 47.1 Å². The zero-order valence-corrected chi connectivity index (χ0v) is 13.5. The second-order valence-corrected chi connectivity index (χ2v) is 5.25. The highest BCUT2D eigenvalue weighted by molar-refractivity contribution is 5.79. The Morgan fingerprint density at radius 1 is 1.21 bits per heavy atom. The predicted octanol–water partition coefficient (Wildman–Crippen LogP) is 2.94. The number of ether oxygens (including phenoxy) is 1. The molecule has 0 aliphatic rings. The molecule has 0 saturated heterocycles. The quantitative estimate of drug-likeness (QED) is 0.697. The minimum absolute atomic E-state index is 0.115. The summed E-state index contributed by atoms with van der Waals surface area (Å²) in [5.41, 5.74) is 0.710. The highest BCUT2D eigenvalue weighted by Crippen LogP contribution is 2.11. The average molecular weight is 333 g/mol. The van der Waals surface area contributed by atoms with Gasteiger partial charge < -0.3 is 14.1 Å². The van der Waals surface area contributed by atoms with Gasteiger partial charge in [-0.25, -0.2) is 4.39 Å². The molecule has 1 aromatic heterocycles. The summed E-state index contributed by atoms with van der Waals surface area (Å²) in [6.45, 7) is 2.55. The number of halogens is 1. The number of benzene rings is 1. The van der Waals surface area contributed by atoms with Crippen LogP contribution in [0.5, 0.6) is 0 Å². The molecule has 128 valence electrons. The van der Waals surface area contributed by atoms with E-state index >= 15 is 0 Å². The molecule has 0 saturated carbocycles. The van der Waals surface area contributed by atoms with Crippen LogP contribution >= 0.6 is 0 Å². The maximum atomic E-state index is 13.0. The van der Waals surface area contributed by atoms with Crippen molar-refractivity contribution in [1.29, 1.82) is 0 Å². The minimum Gasteiger partial charge on any atom is -0.467 e. The van der Waals surface area contributed by atoms with Gasteiger partial charge in [0.2, 0.25) is 5.91 Å². The summed E-state index contributed by atoms with van der Waals surface area (Å²) in [7, 11) is 0. The van der Waals surface area contributed by atoms with Crippen molar-refractivity contribution in [2.24, 2.45) is 0 Å². The van der Waals surface area contributed by atoms with E-state index in [1.807, 2.05) is 0 Å². The summed E-state index contributed by atoms with van der Waals surface area (Å²) in [4.78, 5) is 25.6. The van der Waals surface area contributed by atoms with Crippen LogP contribution in [-0.2, 0) is 27.3 Å². The fourth-order valence-electron chi connectivity index (χ4n) is 2.23. The van der Waals surface area contributed by atoms with Crippen molar-refractivity contribution in [3.05, 3.63) is 59.8 Å². The molecule has 0 spiro atoms. The molecule has 0 aliphatic heterocycles. The van der Waals surface area contributed by atoms with Crippen molar-refractivity contribution >= 4 is 11.9 Å². The number of carbonyl (C=O) groups excluding carboxylic acids is 2. The van der Waals surface area contributed by atoms with Crippen molar-refractivity contribution in [1.82, 2.24) is 4.90 Å². The predicted molar refractivity (Wildman–Crippen MR) is 85.5 cm³/mol. The Morgan fingerprint density at radius 2 is 1.96 bits per heavy atom. The first-order valence-electron chi connectivity index (χ1n) is 7.78. The lowest BCUT2D eigenvalue weighted by Gasteiger charge is -2.21. The van der Waals surface area contributed by atoms with Gasteiger partial charge in [0.25, 0.3) is 0 Å². The van der Waals surface area contributed by atoms with Gasteiger partial charge in [-0.3, -0.25) is 9.59 Å². The van der Waals surface area contributed by atoms with Gasteiger partial charge in [0.1, 0.15) is 11.6 Å². The van der Waals surface area contributed by atoms with Crippen LogP contribution in [0, 0.1) is 5.82 Å². The van der Waals surface area contributed by atoms with Crippen LogP contribution in [0.25, 0.3) is 0 Å². The molecule has 1 heterocycles. The molecule has 0 unspecified atom stereocenters. The fraction of sp³-hybridized carbons (Fsp3) is 0.333. The molecule has 0 atom stereocenters. The van der Waals surface area contributed by atoms with E-state index in [-0.39, 0.29) is 43.6 Å². The molecule has 5 nitrogen and oxygen atoms in total. The zero-order chi connectivity index (χ0) is 17.4. The van der Waals surface area contributed by atoms with Gasteiger partial charge in [-0.05, 0) is 36.8 Å². The number of esters is 1. The van der Waals surface area contributed by atoms with Crippen LogP contribution in [-0.4, -0.2) is 29.9 Å². The fourth-order valence-corrected chi connectivity index (χ4v) is 2.23. The van der Waals surface area contributed by atoms with Crippen molar-refractivity contribution in [3.63, 3.8) is 0 Å². The van der Waals surface area contributed by atoms with Crippen molar-refractivity contribution in [2.75, 3.05) is 13.2 Å². The number of amides is 1. The van der Waals surface area contributed by atoms with Gasteiger partial charge >= 0.3 is 5.97 Å². The standard InChI is InChI=1S/C18H20FNO4/c1-2-23-18(22)9-10-20(13-16-4-3-11-24-16)17(21)12-14-5-7-15(19)8-6-14/h3-8,11H,2,9-10,12-13H2,1H3.